The second-order valence-electron chi connectivity index (χ2n) is 3.79. The summed E-state index contributed by atoms with van der Waals surface area (Å²) in [4.78, 5) is 19.6. The van der Waals surface area contributed by atoms with E-state index in [0.717, 1.165) is 16.3 Å². The van der Waals surface area contributed by atoms with Crippen LogP contribution in [-0.4, -0.2) is 14.9 Å². The third-order valence-electron chi connectivity index (χ3n) is 2.22. The molecule has 1 aromatic carbocycles. The highest BCUT2D eigenvalue weighted by atomic mass is 32.2. The third kappa shape index (κ3) is 3.04. The van der Waals surface area contributed by atoms with Gasteiger partial charge in [0, 0.05) is 28.4 Å². The summed E-state index contributed by atoms with van der Waals surface area (Å²) in [5, 5.41) is 11.2. The number of aryl methyl sites for hydroxylation is 2. The molecule has 2 aromatic rings. The molecule has 0 saturated carbocycles. The molecule has 0 spiro atoms. The summed E-state index contributed by atoms with van der Waals surface area (Å²) in [6.45, 7) is 3.82. The van der Waals surface area contributed by atoms with E-state index in [4.69, 9.17) is 0 Å². The molecule has 0 bridgehead atoms. The summed E-state index contributed by atoms with van der Waals surface area (Å²) in [7, 11) is 0. The van der Waals surface area contributed by atoms with Crippen molar-refractivity contribution in [2.75, 3.05) is 0 Å². The van der Waals surface area contributed by atoms with Gasteiger partial charge >= 0.3 is 0 Å². The third-order valence-corrected chi connectivity index (χ3v) is 3.09. The first-order valence-electron chi connectivity index (χ1n) is 5.29. The van der Waals surface area contributed by atoms with E-state index in [1.54, 1.807) is 12.1 Å². The number of nitro benzene ring substituents is 1. The molecule has 0 N–H and O–H groups in total. The van der Waals surface area contributed by atoms with Crippen molar-refractivity contribution in [3.05, 3.63) is 51.8 Å². The van der Waals surface area contributed by atoms with E-state index in [0.29, 0.717) is 5.16 Å². The molecule has 18 heavy (non-hydrogen) atoms. The Balaban J connectivity index is 2.20. The second kappa shape index (κ2) is 5.14. The van der Waals surface area contributed by atoms with Crippen LogP contribution in [0.1, 0.15) is 11.4 Å². The Hall–Kier alpha value is -1.95. The molecule has 0 fully saturated rings. The number of non-ortho nitro benzene ring substituents is 1. The zero-order valence-corrected chi connectivity index (χ0v) is 10.8. The van der Waals surface area contributed by atoms with Crippen LogP contribution in [0.2, 0.25) is 0 Å². The van der Waals surface area contributed by atoms with Crippen molar-refractivity contribution in [3.8, 4) is 0 Å². The largest absolute Gasteiger partial charge is 0.269 e. The maximum Gasteiger partial charge on any atom is 0.269 e. The molecule has 92 valence electrons. The summed E-state index contributed by atoms with van der Waals surface area (Å²) in [5.41, 5.74) is 1.90. The van der Waals surface area contributed by atoms with E-state index < -0.39 is 4.92 Å². The van der Waals surface area contributed by atoms with Gasteiger partial charge in [-0.15, -0.1) is 0 Å². The molecule has 0 aliphatic heterocycles. The van der Waals surface area contributed by atoms with Crippen LogP contribution in [0, 0.1) is 24.0 Å². The predicted molar refractivity (Wildman–Crippen MR) is 68.7 cm³/mol. The van der Waals surface area contributed by atoms with Gasteiger partial charge in [0.2, 0.25) is 0 Å². The van der Waals surface area contributed by atoms with Gasteiger partial charge in [-0.05, 0) is 43.8 Å². The molecule has 0 radical (unpaired) electrons. The van der Waals surface area contributed by atoms with Crippen molar-refractivity contribution >= 4 is 17.4 Å². The summed E-state index contributed by atoms with van der Waals surface area (Å²) in [6.07, 6.45) is 0. The number of rotatable bonds is 3. The Labute approximate surface area is 108 Å². The first kappa shape index (κ1) is 12.5. The average molecular weight is 261 g/mol. The van der Waals surface area contributed by atoms with Gasteiger partial charge in [0.25, 0.3) is 5.69 Å². The molecule has 1 aromatic heterocycles. The molecular formula is C12H11N3O2S. The van der Waals surface area contributed by atoms with Crippen LogP contribution in [0.25, 0.3) is 0 Å². The maximum atomic E-state index is 10.5. The minimum absolute atomic E-state index is 0.0840. The van der Waals surface area contributed by atoms with Crippen molar-refractivity contribution in [1.82, 2.24) is 9.97 Å². The number of hydrogen-bond donors (Lipinski definition) is 0. The number of aromatic nitrogens is 2. The van der Waals surface area contributed by atoms with Gasteiger partial charge in [-0.3, -0.25) is 10.1 Å². The van der Waals surface area contributed by atoms with Crippen molar-refractivity contribution in [3.63, 3.8) is 0 Å². The van der Waals surface area contributed by atoms with Gasteiger partial charge < -0.3 is 0 Å². The normalized spacial score (nSPS) is 10.3. The SMILES string of the molecule is Cc1cc(C)nc(Sc2ccc([N+](=O)[O-])cc2)n1. The second-order valence-corrected chi connectivity index (χ2v) is 4.83. The first-order chi connectivity index (χ1) is 8.54. The smallest absolute Gasteiger partial charge is 0.258 e. The average Bonchev–Trinajstić information content (AvgIpc) is 2.28. The monoisotopic (exact) mass is 261 g/mol. The highest BCUT2D eigenvalue weighted by molar-refractivity contribution is 7.99. The standard InChI is InChI=1S/C12H11N3O2S/c1-8-7-9(2)14-12(13-8)18-11-5-3-10(4-6-11)15(16)17/h3-7H,1-2H3. The first-order valence-corrected chi connectivity index (χ1v) is 6.11. The van der Waals surface area contributed by atoms with Gasteiger partial charge in [0.1, 0.15) is 0 Å². The van der Waals surface area contributed by atoms with Crippen LogP contribution in [0.4, 0.5) is 5.69 Å². The van der Waals surface area contributed by atoms with E-state index in [1.165, 1.54) is 23.9 Å². The molecule has 2 rings (SSSR count). The van der Waals surface area contributed by atoms with Crippen LogP contribution in [-0.2, 0) is 0 Å². The van der Waals surface area contributed by atoms with E-state index in [9.17, 15) is 10.1 Å². The summed E-state index contributed by atoms with van der Waals surface area (Å²) in [5.74, 6) is 0. The summed E-state index contributed by atoms with van der Waals surface area (Å²) >= 11 is 1.39. The Bertz CT molecular complexity index is 564. The van der Waals surface area contributed by atoms with Crippen molar-refractivity contribution in [2.45, 2.75) is 23.9 Å². The highest BCUT2D eigenvalue weighted by Gasteiger charge is 2.06. The highest BCUT2D eigenvalue weighted by Crippen LogP contribution is 2.26. The minimum Gasteiger partial charge on any atom is -0.258 e. The molecule has 0 aliphatic carbocycles. The minimum atomic E-state index is -0.415. The number of benzene rings is 1. The zero-order chi connectivity index (χ0) is 13.1. The van der Waals surface area contributed by atoms with Crippen LogP contribution in [0.3, 0.4) is 0 Å². The molecule has 0 atom stereocenters. The summed E-state index contributed by atoms with van der Waals surface area (Å²) < 4.78 is 0. The molecule has 0 aliphatic rings. The van der Waals surface area contributed by atoms with Gasteiger partial charge in [-0.1, -0.05) is 0 Å². The lowest BCUT2D eigenvalue weighted by atomic mass is 10.3. The molecule has 1 heterocycles. The van der Waals surface area contributed by atoms with Crippen LogP contribution in [0.15, 0.2) is 40.4 Å². The van der Waals surface area contributed by atoms with E-state index in [2.05, 4.69) is 9.97 Å². The molecule has 0 amide bonds. The Morgan fingerprint density at radius 2 is 1.67 bits per heavy atom. The number of hydrogen-bond acceptors (Lipinski definition) is 5. The van der Waals surface area contributed by atoms with Crippen molar-refractivity contribution < 1.29 is 4.92 Å². The van der Waals surface area contributed by atoms with Crippen LogP contribution < -0.4 is 0 Å². The fraction of sp³-hybridized carbons (Fsp3) is 0.167. The van der Waals surface area contributed by atoms with Crippen molar-refractivity contribution in [2.24, 2.45) is 0 Å². The predicted octanol–water partition coefficient (Wildman–Crippen LogP) is 3.15. The van der Waals surface area contributed by atoms with E-state index in [1.807, 2.05) is 19.9 Å². The Kier molecular flexibility index (Phi) is 3.57. The number of nitrogens with zero attached hydrogens (tertiary/aromatic N) is 3. The van der Waals surface area contributed by atoms with Crippen LogP contribution >= 0.6 is 11.8 Å². The zero-order valence-electron chi connectivity index (χ0n) is 9.95. The Morgan fingerprint density at radius 1 is 1.11 bits per heavy atom. The van der Waals surface area contributed by atoms with Crippen molar-refractivity contribution in [1.29, 1.82) is 0 Å². The lowest BCUT2D eigenvalue weighted by Gasteiger charge is -2.02. The van der Waals surface area contributed by atoms with Gasteiger partial charge in [0.05, 0.1) is 4.92 Å². The van der Waals surface area contributed by atoms with Crippen LogP contribution in [0.5, 0.6) is 0 Å². The van der Waals surface area contributed by atoms with Gasteiger partial charge in [0.15, 0.2) is 5.16 Å². The molecule has 5 nitrogen and oxygen atoms in total. The quantitative estimate of drug-likeness (QED) is 0.482. The van der Waals surface area contributed by atoms with E-state index in [-0.39, 0.29) is 5.69 Å². The molecule has 6 heteroatoms. The fourth-order valence-corrected chi connectivity index (χ4v) is 2.34. The maximum absolute atomic E-state index is 10.5. The topological polar surface area (TPSA) is 68.9 Å². The molecular weight excluding hydrogens is 250 g/mol. The number of nitro groups is 1. The van der Waals surface area contributed by atoms with Gasteiger partial charge in [-0.25, -0.2) is 9.97 Å². The summed E-state index contributed by atoms with van der Waals surface area (Å²) in [6, 6.07) is 8.25. The molecule has 0 saturated heterocycles. The fourth-order valence-electron chi connectivity index (χ4n) is 1.48. The Morgan fingerprint density at radius 3 is 2.17 bits per heavy atom. The van der Waals surface area contributed by atoms with Gasteiger partial charge in [-0.2, -0.15) is 0 Å². The lowest BCUT2D eigenvalue weighted by molar-refractivity contribution is -0.384. The molecule has 0 unspecified atom stereocenters. The lowest BCUT2D eigenvalue weighted by Crippen LogP contribution is -1.92. The van der Waals surface area contributed by atoms with E-state index >= 15 is 0 Å².